The minimum atomic E-state index is -3.93. The molecule has 0 amide bonds. The summed E-state index contributed by atoms with van der Waals surface area (Å²) < 4.78 is 41.5. The molecule has 0 unspecified atom stereocenters. The SMILES string of the molecule is O=S(=O)(Nc1ccccc1I)c1ccc(Br)cc1F. The molecule has 0 bridgehead atoms. The molecule has 19 heavy (non-hydrogen) atoms. The third kappa shape index (κ3) is 3.46. The van der Waals surface area contributed by atoms with E-state index in [-0.39, 0.29) is 4.90 Å². The Labute approximate surface area is 132 Å². The molecule has 2 rings (SSSR count). The number of nitrogens with one attached hydrogen (secondary N) is 1. The molecule has 0 saturated heterocycles. The lowest BCUT2D eigenvalue weighted by Gasteiger charge is -2.10. The van der Waals surface area contributed by atoms with Crippen LogP contribution in [0.25, 0.3) is 0 Å². The van der Waals surface area contributed by atoms with Gasteiger partial charge in [-0.2, -0.15) is 0 Å². The van der Waals surface area contributed by atoms with Crippen LogP contribution >= 0.6 is 38.5 Å². The van der Waals surface area contributed by atoms with Gasteiger partial charge < -0.3 is 0 Å². The molecule has 0 aromatic heterocycles. The zero-order valence-corrected chi connectivity index (χ0v) is 14.0. The van der Waals surface area contributed by atoms with Crippen LogP contribution in [-0.4, -0.2) is 8.42 Å². The molecular weight excluding hydrogens is 448 g/mol. The molecular formula is C12H8BrFINO2S. The van der Waals surface area contributed by atoms with Crippen molar-refractivity contribution < 1.29 is 12.8 Å². The maximum atomic E-state index is 13.7. The number of para-hydroxylation sites is 1. The second-order valence-electron chi connectivity index (χ2n) is 3.66. The lowest BCUT2D eigenvalue weighted by atomic mass is 10.3. The summed E-state index contributed by atoms with van der Waals surface area (Å²) >= 11 is 5.09. The smallest absolute Gasteiger partial charge is 0.264 e. The molecule has 1 N–H and O–H groups in total. The summed E-state index contributed by atoms with van der Waals surface area (Å²) in [7, 11) is -3.93. The lowest BCUT2D eigenvalue weighted by Crippen LogP contribution is -2.15. The Balaban J connectivity index is 2.41. The molecule has 0 heterocycles. The number of benzene rings is 2. The van der Waals surface area contributed by atoms with Gasteiger partial charge in [-0.05, 0) is 52.9 Å². The summed E-state index contributed by atoms with van der Waals surface area (Å²) in [4.78, 5) is -0.379. The molecule has 100 valence electrons. The van der Waals surface area contributed by atoms with E-state index in [0.29, 0.717) is 10.2 Å². The van der Waals surface area contributed by atoms with Crippen LogP contribution in [0.4, 0.5) is 10.1 Å². The van der Waals surface area contributed by atoms with Gasteiger partial charge in [0.15, 0.2) is 0 Å². The summed E-state index contributed by atoms with van der Waals surface area (Å²) in [5.74, 6) is -0.798. The van der Waals surface area contributed by atoms with E-state index in [1.165, 1.54) is 12.1 Å². The van der Waals surface area contributed by atoms with Crippen molar-refractivity contribution >= 4 is 54.2 Å². The summed E-state index contributed by atoms with van der Waals surface area (Å²) in [6, 6.07) is 10.7. The van der Waals surface area contributed by atoms with Crippen LogP contribution in [0.2, 0.25) is 0 Å². The molecule has 0 aliphatic rings. The van der Waals surface area contributed by atoms with Crippen LogP contribution in [0.1, 0.15) is 0 Å². The monoisotopic (exact) mass is 455 g/mol. The van der Waals surface area contributed by atoms with E-state index in [1.807, 2.05) is 22.6 Å². The quantitative estimate of drug-likeness (QED) is 0.711. The van der Waals surface area contributed by atoms with Gasteiger partial charge in [-0.15, -0.1) is 0 Å². The molecule has 0 radical (unpaired) electrons. The topological polar surface area (TPSA) is 46.2 Å². The van der Waals surface area contributed by atoms with Gasteiger partial charge in [0, 0.05) is 8.04 Å². The van der Waals surface area contributed by atoms with Gasteiger partial charge in [-0.25, -0.2) is 12.8 Å². The first kappa shape index (κ1) is 14.7. The number of sulfonamides is 1. The lowest BCUT2D eigenvalue weighted by molar-refractivity contribution is 0.570. The minimum Gasteiger partial charge on any atom is -0.278 e. The Kier molecular flexibility index (Phi) is 4.46. The summed E-state index contributed by atoms with van der Waals surface area (Å²) in [5.41, 5.74) is 0.422. The first-order chi connectivity index (χ1) is 8.90. The van der Waals surface area contributed by atoms with E-state index in [9.17, 15) is 12.8 Å². The molecule has 2 aromatic carbocycles. The normalized spacial score (nSPS) is 11.3. The van der Waals surface area contributed by atoms with Crippen molar-refractivity contribution in [3.05, 3.63) is 56.3 Å². The van der Waals surface area contributed by atoms with Crippen molar-refractivity contribution in [1.82, 2.24) is 0 Å². The van der Waals surface area contributed by atoms with Gasteiger partial charge in [-0.3, -0.25) is 4.72 Å². The first-order valence-electron chi connectivity index (χ1n) is 5.12. The van der Waals surface area contributed by atoms with Gasteiger partial charge in [0.2, 0.25) is 0 Å². The molecule has 0 spiro atoms. The Bertz CT molecular complexity index is 721. The molecule has 0 fully saturated rings. The van der Waals surface area contributed by atoms with Crippen molar-refractivity contribution in [2.45, 2.75) is 4.90 Å². The number of halogens is 3. The molecule has 0 saturated carbocycles. The van der Waals surface area contributed by atoms with Crippen molar-refractivity contribution in [2.75, 3.05) is 4.72 Å². The van der Waals surface area contributed by atoms with Gasteiger partial charge in [0.25, 0.3) is 10.0 Å². The summed E-state index contributed by atoms with van der Waals surface area (Å²) in [6.07, 6.45) is 0. The van der Waals surface area contributed by atoms with Crippen molar-refractivity contribution in [3.8, 4) is 0 Å². The molecule has 2 aromatic rings. The predicted molar refractivity (Wildman–Crippen MR) is 84.1 cm³/mol. The molecule has 0 atom stereocenters. The highest BCUT2D eigenvalue weighted by molar-refractivity contribution is 14.1. The average Bonchev–Trinajstić information content (AvgIpc) is 2.31. The summed E-state index contributed by atoms with van der Waals surface area (Å²) in [6.45, 7) is 0. The van der Waals surface area contributed by atoms with E-state index in [2.05, 4.69) is 20.7 Å². The van der Waals surface area contributed by atoms with Crippen LogP contribution in [0.5, 0.6) is 0 Å². The third-order valence-corrected chi connectivity index (χ3v) is 5.13. The van der Waals surface area contributed by atoms with Crippen LogP contribution < -0.4 is 4.72 Å². The second kappa shape index (κ2) is 5.76. The maximum absolute atomic E-state index is 13.7. The predicted octanol–water partition coefficient (Wildman–Crippen LogP) is 3.99. The van der Waals surface area contributed by atoms with Crippen molar-refractivity contribution in [1.29, 1.82) is 0 Å². The Morgan fingerprint density at radius 3 is 2.47 bits per heavy atom. The molecule has 7 heteroatoms. The highest BCUT2D eigenvalue weighted by Gasteiger charge is 2.20. The van der Waals surface area contributed by atoms with Gasteiger partial charge in [-0.1, -0.05) is 28.1 Å². The Hall–Kier alpha value is -0.670. The molecule has 0 aliphatic heterocycles. The molecule has 0 aliphatic carbocycles. The fourth-order valence-corrected chi connectivity index (χ4v) is 3.62. The number of anilines is 1. The van der Waals surface area contributed by atoms with E-state index in [0.717, 1.165) is 9.64 Å². The largest absolute Gasteiger partial charge is 0.278 e. The van der Waals surface area contributed by atoms with E-state index < -0.39 is 15.8 Å². The highest BCUT2D eigenvalue weighted by Crippen LogP contribution is 2.24. The van der Waals surface area contributed by atoms with E-state index in [1.54, 1.807) is 24.3 Å². The van der Waals surface area contributed by atoms with E-state index >= 15 is 0 Å². The standard InChI is InChI=1S/C12H8BrFINO2S/c13-8-5-6-12(9(14)7-8)19(17,18)16-11-4-2-1-3-10(11)15/h1-7,16H. The van der Waals surface area contributed by atoms with Crippen molar-refractivity contribution in [2.24, 2.45) is 0 Å². The fourth-order valence-electron chi connectivity index (χ4n) is 1.44. The highest BCUT2D eigenvalue weighted by atomic mass is 127. The van der Waals surface area contributed by atoms with Crippen LogP contribution in [-0.2, 0) is 10.0 Å². The number of hydrogen-bond acceptors (Lipinski definition) is 2. The van der Waals surface area contributed by atoms with Gasteiger partial charge in [0.1, 0.15) is 10.7 Å². The first-order valence-corrected chi connectivity index (χ1v) is 8.48. The zero-order valence-electron chi connectivity index (χ0n) is 9.40. The number of rotatable bonds is 3. The second-order valence-corrected chi connectivity index (χ2v) is 7.39. The van der Waals surface area contributed by atoms with Crippen LogP contribution in [0, 0.1) is 9.39 Å². The fraction of sp³-hybridized carbons (Fsp3) is 0. The maximum Gasteiger partial charge on any atom is 0.264 e. The third-order valence-electron chi connectivity index (χ3n) is 2.30. The Morgan fingerprint density at radius 1 is 1.16 bits per heavy atom. The van der Waals surface area contributed by atoms with Crippen molar-refractivity contribution in [3.63, 3.8) is 0 Å². The average molecular weight is 456 g/mol. The minimum absolute atomic E-state index is 0.379. The Morgan fingerprint density at radius 2 is 1.84 bits per heavy atom. The molecule has 3 nitrogen and oxygen atoms in total. The van der Waals surface area contributed by atoms with Crippen LogP contribution in [0.3, 0.4) is 0 Å². The van der Waals surface area contributed by atoms with Gasteiger partial charge >= 0.3 is 0 Å². The van der Waals surface area contributed by atoms with E-state index in [4.69, 9.17) is 0 Å². The number of hydrogen-bond donors (Lipinski definition) is 1. The zero-order chi connectivity index (χ0) is 14.0. The summed E-state index contributed by atoms with van der Waals surface area (Å²) in [5, 5.41) is 0. The van der Waals surface area contributed by atoms with Gasteiger partial charge in [0.05, 0.1) is 5.69 Å². The van der Waals surface area contributed by atoms with Crippen LogP contribution in [0.15, 0.2) is 51.8 Å².